The Morgan fingerprint density at radius 3 is 2.50 bits per heavy atom. The van der Waals surface area contributed by atoms with Crippen LogP contribution >= 0.6 is 0 Å². The molecule has 4 rings (SSSR count). The lowest BCUT2D eigenvalue weighted by atomic mass is 10.0. The van der Waals surface area contributed by atoms with Gasteiger partial charge in [0.1, 0.15) is 23.9 Å². The third kappa shape index (κ3) is 4.45. The van der Waals surface area contributed by atoms with Gasteiger partial charge in [-0.1, -0.05) is 0 Å². The minimum atomic E-state index is -0.372. The monoisotopic (exact) mass is 386 g/mol. The molecule has 1 spiro atoms. The van der Waals surface area contributed by atoms with E-state index in [0.717, 1.165) is 43.2 Å². The Balaban J connectivity index is 1.24. The molecular formula is C20H26N4O4. The number of ether oxygens (including phenoxy) is 4. The summed E-state index contributed by atoms with van der Waals surface area (Å²) in [6, 6.07) is 9.46. The van der Waals surface area contributed by atoms with E-state index >= 15 is 0 Å². The van der Waals surface area contributed by atoms with Crippen LogP contribution in [0, 0.1) is 0 Å². The molecule has 0 saturated carbocycles. The Labute approximate surface area is 164 Å². The van der Waals surface area contributed by atoms with Crippen LogP contribution < -0.4 is 19.7 Å². The second-order valence-electron chi connectivity index (χ2n) is 6.78. The van der Waals surface area contributed by atoms with Crippen molar-refractivity contribution in [2.24, 2.45) is 0 Å². The SMILES string of the molecule is COc1ccc(OCCNc2nccc(N3CCC4(CC3)OCCO4)n2)cc1. The van der Waals surface area contributed by atoms with E-state index in [4.69, 9.17) is 18.9 Å². The number of hydrogen-bond donors (Lipinski definition) is 1. The first-order chi connectivity index (χ1) is 13.8. The molecule has 150 valence electrons. The van der Waals surface area contributed by atoms with Crippen molar-refractivity contribution in [1.29, 1.82) is 0 Å². The predicted octanol–water partition coefficient (Wildman–Crippen LogP) is 2.32. The fourth-order valence-corrected chi connectivity index (χ4v) is 3.48. The summed E-state index contributed by atoms with van der Waals surface area (Å²) in [6.45, 7) is 4.23. The van der Waals surface area contributed by atoms with E-state index in [1.54, 1.807) is 13.3 Å². The first-order valence-electron chi connectivity index (χ1n) is 9.63. The Morgan fingerprint density at radius 2 is 1.79 bits per heavy atom. The number of nitrogens with one attached hydrogen (secondary N) is 1. The molecule has 0 atom stereocenters. The van der Waals surface area contributed by atoms with Gasteiger partial charge in [0.2, 0.25) is 5.95 Å². The summed E-state index contributed by atoms with van der Waals surface area (Å²) in [6.07, 6.45) is 3.49. The average Bonchev–Trinajstić information content (AvgIpc) is 3.20. The van der Waals surface area contributed by atoms with Gasteiger partial charge in [0.05, 0.1) is 26.9 Å². The number of nitrogens with zero attached hydrogens (tertiary/aromatic N) is 3. The summed E-state index contributed by atoms with van der Waals surface area (Å²) in [5.74, 6) is 2.76. The summed E-state index contributed by atoms with van der Waals surface area (Å²) >= 11 is 0. The molecule has 0 aliphatic carbocycles. The van der Waals surface area contributed by atoms with E-state index < -0.39 is 0 Å². The summed E-state index contributed by atoms with van der Waals surface area (Å²) in [5.41, 5.74) is 0. The summed E-state index contributed by atoms with van der Waals surface area (Å²) in [4.78, 5) is 11.2. The lowest BCUT2D eigenvalue weighted by Gasteiger charge is -2.38. The van der Waals surface area contributed by atoms with Gasteiger partial charge in [0.15, 0.2) is 5.79 Å². The molecule has 0 unspecified atom stereocenters. The Morgan fingerprint density at radius 1 is 1.07 bits per heavy atom. The van der Waals surface area contributed by atoms with Gasteiger partial charge in [-0.25, -0.2) is 4.98 Å². The molecule has 2 aromatic rings. The first-order valence-corrected chi connectivity index (χ1v) is 9.63. The molecule has 2 aliphatic rings. The third-order valence-corrected chi connectivity index (χ3v) is 5.02. The van der Waals surface area contributed by atoms with Crippen LogP contribution in [0.1, 0.15) is 12.8 Å². The lowest BCUT2D eigenvalue weighted by molar-refractivity contribution is -0.169. The zero-order valence-corrected chi connectivity index (χ0v) is 16.1. The molecule has 0 bridgehead atoms. The maximum Gasteiger partial charge on any atom is 0.224 e. The number of rotatable bonds is 7. The molecule has 0 radical (unpaired) electrons. The fraction of sp³-hybridized carbons (Fsp3) is 0.500. The number of benzene rings is 1. The Bertz CT molecular complexity index is 755. The van der Waals surface area contributed by atoms with Gasteiger partial charge in [-0.2, -0.15) is 4.98 Å². The minimum Gasteiger partial charge on any atom is -0.497 e. The van der Waals surface area contributed by atoms with Crippen LogP contribution in [0.3, 0.4) is 0 Å². The molecular weight excluding hydrogens is 360 g/mol. The van der Waals surface area contributed by atoms with Crippen molar-refractivity contribution < 1.29 is 18.9 Å². The van der Waals surface area contributed by atoms with E-state index in [1.165, 1.54) is 0 Å². The Hall–Kier alpha value is -2.58. The fourth-order valence-electron chi connectivity index (χ4n) is 3.48. The van der Waals surface area contributed by atoms with Crippen molar-refractivity contribution in [1.82, 2.24) is 9.97 Å². The topological polar surface area (TPSA) is 78.0 Å². The smallest absolute Gasteiger partial charge is 0.224 e. The van der Waals surface area contributed by atoms with E-state index in [2.05, 4.69) is 20.2 Å². The minimum absolute atomic E-state index is 0.372. The van der Waals surface area contributed by atoms with E-state index in [1.807, 2.05) is 30.3 Å². The van der Waals surface area contributed by atoms with Gasteiger partial charge in [-0.15, -0.1) is 0 Å². The number of piperidine rings is 1. The lowest BCUT2D eigenvalue weighted by Crippen LogP contribution is -2.45. The molecule has 8 heteroatoms. The van der Waals surface area contributed by atoms with Gasteiger partial charge in [0.25, 0.3) is 0 Å². The highest BCUT2D eigenvalue weighted by molar-refractivity contribution is 5.43. The largest absolute Gasteiger partial charge is 0.497 e. The van der Waals surface area contributed by atoms with E-state index in [0.29, 0.717) is 32.3 Å². The van der Waals surface area contributed by atoms with Crippen LogP contribution in [-0.2, 0) is 9.47 Å². The number of aromatic nitrogens is 2. The normalized spacial score (nSPS) is 18.2. The number of methoxy groups -OCH3 is 1. The van der Waals surface area contributed by atoms with Crippen LogP contribution in [0.5, 0.6) is 11.5 Å². The first kappa shape index (κ1) is 18.8. The van der Waals surface area contributed by atoms with Crippen molar-refractivity contribution in [3.63, 3.8) is 0 Å². The molecule has 8 nitrogen and oxygen atoms in total. The van der Waals surface area contributed by atoms with Crippen LogP contribution in [0.15, 0.2) is 36.5 Å². The standard InChI is InChI=1S/C20H26N4O4/c1-25-16-2-4-17(5-3-16)26-13-10-22-19-21-9-6-18(23-19)24-11-7-20(8-12-24)27-14-15-28-20/h2-6,9H,7-8,10-15H2,1H3,(H,21,22,23). The van der Waals surface area contributed by atoms with Crippen molar-refractivity contribution in [2.45, 2.75) is 18.6 Å². The maximum absolute atomic E-state index is 5.79. The van der Waals surface area contributed by atoms with Crippen molar-refractivity contribution >= 4 is 11.8 Å². The van der Waals surface area contributed by atoms with Gasteiger partial charge >= 0.3 is 0 Å². The molecule has 1 aromatic carbocycles. The third-order valence-electron chi connectivity index (χ3n) is 5.02. The molecule has 1 aromatic heterocycles. The molecule has 2 saturated heterocycles. The summed E-state index contributed by atoms with van der Waals surface area (Å²) in [5, 5.41) is 3.22. The van der Waals surface area contributed by atoms with E-state index in [9.17, 15) is 0 Å². The van der Waals surface area contributed by atoms with Crippen molar-refractivity contribution in [3.8, 4) is 11.5 Å². The zero-order valence-electron chi connectivity index (χ0n) is 16.1. The van der Waals surface area contributed by atoms with Gasteiger partial charge < -0.3 is 29.2 Å². The summed E-state index contributed by atoms with van der Waals surface area (Å²) in [7, 11) is 1.64. The highest BCUT2D eigenvalue weighted by Gasteiger charge is 2.40. The second-order valence-corrected chi connectivity index (χ2v) is 6.78. The quantitative estimate of drug-likeness (QED) is 0.727. The number of hydrogen-bond acceptors (Lipinski definition) is 8. The van der Waals surface area contributed by atoms with Crippen LogP contribution in [-0.4, -0.2) is 62.3 Å². The molecule has 1 N–H and O–H groups in total. The highest BCUT2D eigenvalue weighted by atomic mass is 16.7. The molecule has 2 fully saturated rings. The molecule has 2 aliphatic heterocycles. The molecule has 0 amide bonds. The predicted molar refractivity (Wildman–Crippen MR) is 105 cm³/mol. The van der Waals surface area contributed by atoms with Crippen molar-refractivity contribution in [3.05, 3.63) is 36.5 Å². The Kier molecular flexibility index (Phi) is 5.78. The van der Waals surface area contributed by atoms with E-state index in [-0.39, 0.29) is 5.79 Å². The van der Waals surface area contributed by atoms with Crippen LogP contribution in [0.25, 0.3) is 0 Å². The second kappa shape index (κ2) is 8.62. The summed E-state index contributed by atoms with van der Waals surface area (Å²) < 4.78 is 22.4. The van der Waals surface area contributed by atoms with Gasteiger partial charge in [-0.3, -0.25) is 0 Å². The highest BCUT2D eigenvalue weighted by Crippen LogP contribution is 2.32. The van der Waals surface area contributed by atoms with Gasteiger partial charge in [-0.05, 0) is 30.3 Å². The average molecular weight is 386 g/mol. The molecule has 3 heterocycles. The van der Waals surface area contributed by atoms with Crippen molar-refractivity contribution in [2.75, 3.05) is 56.8 Å². The van der Waals surface area contributed by atoms with Crippen LogP contribution in [0.2, 0.25) is 0 Å². The van der Waals surface area contributed by atoms with Gasteiger partial charge in [0, 0.05) is 32.1 Å². The maximum atomic E-state index is 5.79. The number of anilines is 2. The zero-order chi connectivity index (χ0) is 19.2. The van der Waals surface area contributed by atoms with Crippen LogP contribution in [0.4, 0.5) is 11.8 Å². The molecule has 28 heavy (non-hydrogen) atoms.